The Kier molecular flexibility index (Phi) is 6.79. The van der Waals surface area contributed by atoms with Crippen LogP contribution in [0.5, 0.6) is 0 Å². The molecule has 0 unspecified atom stereocenters. The summed E-state index contributed by atoms with van der Waals surface area (Å²) in [4.78, 5) is 12.1. The number of amides is 1. The number of halogens is 1. The van der Waals surface area contributed by atoms with Crippen molar-refractivity contribution in [2.45, 2.75) is 10.6 Å². The molecule has 0 saturated carbocycles. The van der Waals surface area contributed by atoms with Crippen LogP contribution >= 0.6 is 15.9 Å². The summed E-state index contributed by atoms with van der Waals surface area (Å²) in [5, 5.41) is 2.44. The third-order valence-electron chi connectivity index (χ3n) is 3.52. The van der Waals surface area contributed by atoms with Gasteiger partial charge in [0.05, 0.1) is 10.6 Å². The number of benzene rings is 2. The van der Waals surface area contributed by atoms with Crippen molar-refractivity contribution in [2.75, 3.05) is 25.2 Å². The second kappa shape index (κ2) is 8.51. The van der Waals surface area contributed by atoms with Gasteiger partial charge in [-0.15, -0.1) is 0 Å². The topological polar surface area (TPSA) is 101 Å². The molecule has 1 N–H and O–H groups in total. The minimum atomic E-state index is -3.68. The van der Waals surface area contributed by atoms with E-state index in [2.05, 4.69) is 21.2 Å². The van der Waals surface area contributed by atoms with Crippen LogP contribution in [0.2, 0.25) is 0 Å². The summed E-state index contributed by atoms with van der Waals surface area (Å²) in [6, 6.07) is 12.5. The van der Waals surface area contributed by atoms with Crippen LogP contribution in [0.1, 0.15) is 5.56 Å². The van der Waals surface area contributed by atoms with Gasteiger partial charge in [0.15, 0.2) is 9.84 Å². The lowest BCUT2D eigenvalue weighted by Gasteiger charge is -2.12. The highest BCUT2D eigenvalue weighted by Gasteiger charge is 2.20. The van der Waals surface area contributed by atoms with Crippen LogP contribution in [0.3, 0.4) is 0 Å². The highest BCUT2D eigenvalue weighted by atomic mass is 79.9. The standard InChI is InChI=1S/C17H19BrN2O5S2/c1-20(2)27(24,25)16-8-4-7-15(10-16)19-17(21)12-26(22,23)11-13-5-3-6-14(18)9-13/h3-10H,11-12H2,1-2H3,(H,19,21). The normalized spacial score (nSPS) is 12.1. The molecule has 0 bridgehead atoms. The number of anilines is 1. The molecule has 146 valence electrons. The van der Waals surface area contributed by atoms with E-state index in [-0.39, 0.29) is 16.3 Å². The Morgan fingerprint density at radius 2 is 1.70 bits per heavy atom. The molecule has 7 nitrogen and oxygen atoms in total. The summed E-state index contributed by atoms with van der Waals surface area (Å²) in [6.07, 6.45) is 0. The number of hydrogen-bond acceptors (Lipinski definition) is 5. The number of nitrogens with zero attached hydrogens (tertiary/aromatic N) is 1. The quantitative estimate of drug-likeness (QED) is 0.662. The molecule has 0 aromatic heterocycles. The molecule has 0 aliphatic carbocycles. The second-order valence-corrected chi connectivity index (χ2v) is 11.2. The molecule has 1 amide bonds. The molecule has 27 heavy (non-hydrogen) atoms. The Bertz CT molecular complexity index is 1050. The third-order valence-corrected chi connectivity index (χ3v) is 7.30. The van der Waals surface area contributed by atoms with Gasteiger partial charge in [0.25, 0.3) is 0 Å². The zero-order chi connectivity index (χ0) is 20.2. The Balaban J connectivity index is 2.09. The van der Waals surface area contributed by atoms with Gasteiger partial charge in [-0.1, -0.05) is 34.1 Å². The summed E-state index contributed by atoms with van der Waals surface area (Å²) < 4.78 is 50.6. The van der Waals surface area contributed by atoms with Crippen molar-refractivity contribution in [1.82, 2.24) is 4.31 Å². The first-order valence-electron chi connectivity index (χ1n) is 7.77. The molecule has 0 fully saturated rings. The Hall–Kier alpha value is -1.75. The van der Waals surface area contributed by atoms with Crippen LogP contribution in [-0.2, 0) is 30.4 Å². The lowest BCUT2D eigenvalue weighted by molar-refractivity contribution is -0.113. The van der Waals surface area contributed by atoms with Gasteiger partial charge in [-0.3, -0.25) is 4.79 Å². The minimum Gasteiger partial charge on any atom is -0.325 e. The van der Waals surface area contributed by atoms with Gasteiger partial charge >= 0.3 is 0 Å². The molecule has 2 rings (SSSR count). The van der Waals surface area contributed by atoms with Crippen LogP contribution in [0, 0.1) is 0 Å². The first kappa shape index (κ1) is 21.5. The smallest absolute Gasteiger partial charge is 0.242 e. The van der Waals surface area contributed by atoms with E-state index in [1.54, 1.807) is 24.3 Å². The van der Waals surface area contributed by atoms with Crippen molar-refractivity contribution in [1.29, 1.82) is 0 Å². The van der Waals surface area contributed by atoms with Gasteiger partial charge in [-0.05, 0) is 35.9 Å². The maximum Gasteiger partial charge on any atom is 0.242 e. The van der Waals surface area contributed by atoms with Crippen molar-refractivity contribution in [2.24, 2.45) is 0 Å². The molecule has 0 heterocycles. The highest BCUT2D eigenvalue weighted by molar-refractivity contribution is 9.10. The van der Waals surface area contributed by atoms with E-state index < -0.39 is 31.5 Å². The van der Waals surface area contributed by atoms with Gasteiger partial charge in [0, 0.05) is 24.3 Å². The maximum atomic E-state index is 12.2. The van der Waals surface area contributed by atoms with Crippen LogP contribution < -0.4 is 5.32 Å². The number of sulfonamides is 1. The highest BCUT2D eigenvalue weighted by Crippen LogP contribution is 2.18. The van der Waals surface area contributed by atoms with E-state index in [1.165, 1.54) is 38.4 Å². The molecule has 2 aromatic carbocycles. The molecule has 0 saturated heterocycles. The fourth-order valence-electron chi connectivity index (χ4n) is 2.27. The molecule has 10 heteroatoms. The summed E-state index contributed by atoms with van der Waals surface area (Å²) in [5.74, 6) is -1.71. The zero-order valence-electron chi connectivity index (χ0n) is 14.7. The maximum absolute atomic E-state index is 12.2. The zero-order valence-corrected chi connectivity index (χ0v) is 17.9. The summed E-state index contributed by atoms with van der Waals surface area (Å²) in [7, 11) is -4.54. The Morgan fingerprint density at radius 3 is 2.33 bits per heavy atom. The monoisotopic (exact) mass is 474 g/mol. The number of nitrogens with one attached hydrogen (secondary N) is 1. The van der Waals surface area contributed by atoms with Gasteiger partial charge in [0.2, 0.25) is 15.9 Å². The lowest BCUT2D eigenvalue weighted by Crippen LogP contribution is -2.25. The van der Waals surface area contributed by atoms with E-state index in [1.807, 2.05) is 0 Å². The number of carbonyl (C=O) groups is 1. The molecule has 0 spiro atoms. The Morgan fingerprint density at radius 1 is 1.04 bits per heavy atom. The molecule has 0 radical (unpaired) electrons. The van der Waals surface area contributed by atoms with E-state index in [0.717, 1.165) is 8.78 Å². The average Bonchev–Trinajstić information content (AvgIpc) is 2.53. The predicted molar refractivity (Wildman–Crippen MR) is 108 cm³/mol. The van der Waals surface area contributed by atoms with E-state index >= 15 is 0 Å². The number of sulfone groups is 1. The van der Waals surface area contributed by atoms with Crippen LogP contribution in [-0.4, -0.2) is 46.9 Å². The third kappa shape index (κ3) is 6.13. The molecule has 0 aliphatic rings. The average molecular weight is 475 g/mol. The summed E-state index contributed by atoms with van der Waals surface area (Å²) in [6.45, 7) is 0. The van der Waals surface area contributed by atoms with Crippen molar-refractivity contribution in [3.63, 3.8) is 0 Å². The predicted octanol–water partition coefficient (Wildman–Crippen LogP) is 2.25. The van der Waals surface area contributed by atoms with Gasteiger partial charge < -0.3 is 5.32 Å². The van der Waals surface area contributed by atoms with Gasteiger partial charge in [0.1, 0.15) is 5.75 Å². The molecule has 0 aliphatic heterocycles. The fourth-order valence-corrected chi connectivity index (χ4v) is 4.93. The molecule has 0 atom stereocenters. The largest absolute Gasteiger partial charge is 0.325 e. The van der Waals surface area contributed by atoms with Crippen molar-refractivity contribution < 1.29 is 21.6 Å². The van der Waals surface area contributed by atoms with E-state index in [0.29, 0.717) is 5.56 Å². The number of hydrogen-bond donors (Lipinski definition) is 1. The van der Waals surface area contributed by atoms with Crippen LogP contribution in [0.15, 0.2) is 57.9 Å². The van der Waals surface area contributed by atoms with Gasteiger partial charge in [-0.25, -0.2) is 21.1 Å². The first-order valence-corrected chi connectivity index (χ1v) is 11.8. The van der Waals surface area contributed by atoms with Crippen LogP contribution in [0.4, 0.5) is 5.69 Å². The van der Waals surface area contributed by atoms with Crippen molar-refractivity contribution in [3.05, 3.63) is 58.6 Å². The molecular formula is C17H19BrN2O5S2. The summed E-state index contributed by atoms with van der Waals surface area (Å²) >= 11 is 3.27. The van der Waals surface area contributed by atoms with Crippen molar-refractivity contribution >= 4 is 47.4 Å². The molecule has 2 aromatic rings. The fraction of sp³-hybridized carbons (Fsp3) is 0.235. The SMILES string of the molecule is CN(C)S(=O)(=O)c1cccc(NC(=O)CS(=O)(=O)Cc2cccc(Br)c2)c1. The number of rotatable bonds is 7. The lowest BCUT2D eigenvalue weighted by atomic mass is 10.2. The van der Waals surface area contributed by atoms with E-state index in [9.17, 15) is 21.6 Å². The first-order chi connectivity index (χ1) is 12.5. The van der Waals surface area contributed by atoms with Crippen molar-refractivity contribution in [3.8, 4) is 0 Å². The van der Waals surface area contributed by atoms with Crippen LogP contribution in [0.25, 0.3) is 0 Å². The molecular weight excluding hydrogens is 456 g/mol. The van der Waals surface area contributed by atoms with E-state index in [4.69, 9.17) is 0 Å². The Labute approximate surface area is 167 Å². The van der Waals surface area contributed by atoms with Gasteiger partial charge in [-0.2, -0.15) is 0 Å². The minimum absolute atomic E-state index is 0.00212. The summed E-state index contributed by atoms with van der Waals surface area (Å²) in [5.41, 5.74) is 0.775. The number of carbonyl (C=O) groups excluding carboxylic acids is 1. The second-order valence-electron chi connectivity index (χ2n) is 6.03.